The molecule has 9 nitrogen and oxygen atoms in total. The molecule has 216 valence electrons. The highest BCUT2D eigenvalue weighted by Crippen LogP contribution is 2.58. The molecule has 3 aromatic rings. The van der Waals surface area contributed by atoms with Gasteiger partial charge in [-0.1, -0.05) is 36.4 Å². The number of hydrogen-bond donors (Lipinski definition) is 5. The smallest absolute Gasteiger partial charge is 0.287 e. The maximum Gasteiger partial charge on any atom is 0.287 e. The van der Waals surface area contributed by atoms with Crippen molar-refractivity contribution in [3.8, 4) is 17.2 Å². The molecule has 2 aromatic carbocycles. The molecule has 0 bridgehead atoms. The minimum Gasteiger partial charge on any atom is -0.451 e. The average Bonchev–Trinajstić information content (AvgIpc) is 3.55. The Morgan fingerprint density at radius 2 is 1.54 bits per heavy atom. The van der Waals surface area contributed by atoms with Gasteiger partial charge in [0, 0.05) is 18.2 Å². The Kier molecular flexibility index (Phi) is 6.24. The first kappa shape index (κ1) is 27.7. The van der Waals surface area contributed by atoms with E-state index in [9.17, 15) is 37.8 Å². The zero-order valence-electron chi connectivity index (χ0n) is 22.0. The van der Waals surface area contributed by atoms with Gasteiger partial charge >= 0.3 is 0 Å². The van der Waals surface area contributed by atoms with Crippen LogP contribution in [0.4, 0.5) is 8.78 Å². The van der Waals surface area contributed by atoms with Crippen LogP contribution in [-0.2, 0) is 10.4 Å². The van der Waals surface area contributed by atoms with Crippen molar-refractivity contribution in [3.63, 3.8) is 0 Å². The van der Waals surface area contributed by atoms with Crippen LogP contribution >= 0.6 is 10.6 Å². The summed E-state index contributed by atoms with van der Waals surface area (Å²) in [7, 11) is -2.72. The van der Waals surface area contributed by atoms with Gasteiger partial charge in [0.1, 0.15) is 22.3 Å². The molecule has 0 atom stereocenters. The van der Waals surface area contributed by atoms with Crippen LogP contribution in [-0.4, -0.2) is 54.5 Å². The van der Waals surface area contributed by atoms with Crippen LogP contribution < -0.4 is 10.6 Å². The van der Waals surface area contributed by atoms with Crippen molar-refractivity contribution in [1.82, 2.24) is 10.6 Å². The number of rotatable bonds is 6. The summed E-state index contributed by atoms with van der Waals surface area (Å²) in [5.41, 5.74) is -1.30. The van der Waals surface area contributed by atoms with E-state index in [1.54, 1.807) is 36.4 Å². The number of carbonyl (C=O) groups excluding carboxylic acids is 2. The lowest BCUT2D eigenvalue weighted by molar-refractivity contribution is -0.133. The first-order valence-corrected chi connectivity index (χ1v) is 15.2. The number of hydrogen-bond acceptors (Lipinski definition) is 7. The molecular weight excluding hydrogens is 556 g/mol. The van der Waals surface area contributed by atoms with Crippen LogP contribution in [0.2, 0.25) is 0 Å². The summed E-state index contributed by atoms with van der Waals surface area (Å²) >= 11 is 0. The lowest BCUT2D eigenvalue weighted by Crippen LogP contribution is -2.62. The van der Waals surface area contributed by atoms with Crippen LogP contribution in [0.25, 0.3) is 22.1 Å². The van der Waals surface area contributed by atoms with Crippen molar-refractivity contribution in [1.29, 1.82) is 5.26 Å². The van der Waals surface area contributed by atoms with E-state index in [0.717, 1.165) is 11.1 Å². The van der Waals surface area contributed by atoms with Crippen LogP contribution in [0, 0.1) is 11.3 Å². The van der Waals surface area contributed by atoms with E-state index in [0.29, 0.717) is 29.4 Å². The van der Waals surface area contributed by atoms with Crippen LogP contribution in [0.15, 0.2) is 52.9 Å². The summed E-state index contributed by atoms with van der Waals surface area (Å²) in [5.74, 6) is -4.55. The fourth-order valence-corrected chi connectivity index (χ4v) is 7.42. The minimum absolute atomic E-state index is 0.0791. The lowest BCUT2D eigenvalue weighted by atomic mass is 9.78. The third kappa shape index (κ3) is 5.19. The highest BCUT2D eigenvalue weighted by Gasteiger charge is 2.53. The van der Waals surface area contributed by atoms with Gasteiger partial charge in [-0.2, -0.15) is 15.9 Å². The Labute approximate surface area is 235 Å². The van der Waals surface area contributed by atoms with Crippen LogP contribution in [0.5, 0.6) is 0 Å². The molecule has 0 spiro atoms. The zero-order chi connectivity index (χ0) is 29.3. The van der Waals surface area contributed by atoms with Gasteiger partial charge in [0.05, 0.1) is 17.6 Å². The van der Waals surface area contributed by atoms with E-state index in [4.69, 9.17) is 4.42 Å². The normalized spacial score (nSPS) is 23.4. The molecule has 5 N–H and O–H groups in total. The molecule has 1 aliphatic heterocycles. The van der Waals surface area contributed by atoms with E-state index >= 15 is 0 Å². The van der Waals surface area contributed by atoms with Gasteiger partial charge in [0.25, 0.3) is 5.91 Å². The van der Waals surface area contributed by atoms with Gasteiger partial charge in [0.2, 0.25) is 11.8 Å². The fraction of sp³-hybridized carbons (Fsp3) is 0.414. The van der Waals surface area contributed by atoms with E-state index in [2.05, 4.69) is 16.7 Å². The molecule has 1 aromatic heterocycles. The summed E-state index contributed by atoms with van der Waals surface area (Å²) in [6, 6.07) is 16.0. The minimum atomic E-state index is -2.94. The number of aliphatic hydroxyl groups is 1. The molecule has 2 saturated carbocycles. The van der Waals surface area contributed by atoms with Crippen molar-refractivity contribution in [2.75, 3.05) is 11.5 Å². The van der Waals surface area contributed by atoms with E-state index in [-0.39, 0.29) is 30.1 Å². The highest BCUT2D eigenvalue weighted by atomic mass is 32.3. The van der Waals surface area contributed by atoms with Crippen molar-refractivity contribution in [3.05, 3.63) is 59.9 Å². The molecule has 2 amide bonds. The Hall–Kier alpha value is -3.50. The number of carbonyl (C=O) groups is 2. The third-order valence-corrected chi connectivity index (χ3v) is 10.3. The molecule has 2 heterocycles. The number of furan rings is 1. The van der Waals surface area contributed by atoms with Crippen molar-refractivity contribution >= 4 is 33.4 Å². The first-order chi connectivity index (χ1) is 19.3. The molecule has 3 fully saturated rings. The number of nitrogens with zero attached hydrogens (tertiary/aromatic N) is 1. The predicted octanol–water partition coefficient (Wildman–Crippen LogP) is 4.90. The maximum atomic E-state index is 14.0. The molecule has 41 heavy (non-hydrogen) atoms. The fourth-order valence-electron chi connectivity index (χ4n) is 5.64. The van der Waals surface area contributed by atoms with E-state index in [1.807, 2.05) is 6.07 Å². The summed E-state index contributed by atoms with van der Waals surface area (Å²) in [5, 5.41) is 25.9. The molecule has 3 aliphatic rings. The standard InChI is InChI=1S/C29H29F2N3O6S/c30-29(31)11-9-27(10-12-29,25(36)34-26(15-32)7-8-26)33-24(35)23-14-20-2-1-19(13-22(20)40-23)18-3-5-21(6-4-18)28(37)16-41(38,39)17-28/h1-6,13-14,37-39H,7-12,16-17H2,(H,33,35)(H,34,36). The topological polar surface area (TPSA) is 156 Å². The number of fused-ring (bicyclic) bond motifs is 1. The third-order valence-electron chi connectivity index (χ3n) is 8.38. The van der Waals surface area contributed by atoms with Gasteiger partial charge in [-0.25, -0.2) is 8.78 Å². The maximum absolute atomic E-state index is 14.0. The molecule has 0 radical (unpaired) electrons. The second-order valence-electron chi connectivity index (χ2n) is 11.6. The molecule has 6 rings (SSSR count). The van der Waals surface area contributed by atoms with Crippen molar-refractivity contribution < 1.29 is 37.0 Å². The Bertz CT molecular complexity index is 1570. The molecule has 0 unspecified atom stereocenters. The second-order valence-corrected chi connectivity index (χ2v) is 13.8. The lowest BCUT2D eigenvalue weighted by Gasteiger charge is -2.53. The molecular formula is C29H29F2N3O6S. The number of nitrogens with one attached hydrogen (secondary N) is 2. The van der Waals surface area contributed by atoms with E-state index < -0.39 is 57.8 Å². The van der Waals surface area contributed by atoms with Gasteiger partial charge in [-0.15, -0.1) is 0 Å². The first-order valence-electron chi connectivity index (χ1n) is 13.3. The largest absolute Gasteiger partial charge is 0.451 e. The van der Waals surface area contributed by atoms with E-state index in [1.165, 1.54) is 6.07 Å². The number of amides is 2. The van der Waals surface area contributed by atoms with Crippen molar-refractivity contribution in [2.45, 2.75) is 61.1 Å². The van der Waals surface area contributed by atoms with Crippen molar-refractivity contribution in [2.24, 2.45) is 0 Å². The molecule has 12 heteroatoms. The number of halogens is 2. The number of nitriles is 1. The monoisotopic (exact) mass is 585 g/mol. The Morgan fingerprint density at radius 3 is 2.12 bits per heavy atom. The SMILES string of the molecule is N#CC1(NC(=O)C2(NC(=O)c3cc4ccc(-c5ccc(C6(O)CS(O)(O)C6)cc5)cc4o3)CCC(F)(F)CC2)CC1. The second kappa shape index (κ2) is 9.25. The summed E-state index contributed by atoms with van der Waals surface area (Å²) < 4.78 is 53.2. The highest BCUT2D eigenvalue weighted by molar-refractivity contribution is 8.25. The number of benzene rings is 2. The Balaban J connectivity index is 1.21. The van der Waals surface area contributed by atoms with Gasteiger partial charge in [-0.05, 0) is 54.5 Å². The summed E-state index contributed by atoms with van der Waals surface area (Å²) in [6.45, 7) is 0. The average molecular weight is 586 g/mol. The molecule has 1 saturated heterocycles. The van der Waals surface area contributed by atoms with Gasteiger partial charge in [0.15, 0.2) is 5.76 Å². The number of alkyl halides is 2. The molecule has 2 aliphatic carbocycles. The summed E-state index contributed by atoms with van der Waals surface area (Å²) in [6.07, 6.45) is -0.735. The Morgan fingerprint density at radius 1 is 0.902 bits per heavy atom. The van der Waals surface area contributed by atoms with Crippen LogP contribution in [0.1, 0.15) is 54.6 Å². The van der Waals surface area contributed by atoms with Gasteiger partial charge < -0.3 is 20.2 Å². The quantitative estimate of drug-likeness (QED) is 0.275. The zero-order valence-corrected chi connectivity index (χ0v) is 22.8. The summed E-state index contributed by atoms with van der Waals surface area (Å²) in [4.78, 5) is 26.5. The van der Waals surface area contributed by atoms with Crippen LogP contribution in [0.3, 0.4) is 0 Å². The predicted molar refractivity (Wildman–Crippen MR) is 147 cm³/mol. The van der Waals surface area contributed by atoms with Gasteiger partial charge in [-0.3, -0.25) is 18.7 Å².